The molecule has 1 amide bonds. The Morgan fingerprint density at radius 3 is 2.96 bits per heavy atom. The number of thiophene rings is 1. The molecule has 0 radical (unpaired) electrons. The topological polar surface area (TPSA) is 78.1 Å². The predicted octanol–water partition coefficient (Wildman–Crippen LogP) is 2.72. The Kier molecular flexibility index (Phi) is 3.78. The lowest BCUT2D eigenvalue weighted by molar-refractivity contribution is -0.117. The lowest BCUT2D eigenvalue weighted by Crippen LogP contribution is -2.25. The predicted molar refractivity (Wildman–Crippen MR) is 95.6 cm³/mol. The lowest BCUT2D eigenvalue weighted by Gasteiger charge is -2.20. The SMILES string of the molecule is O=C1CCCN1c1ccccc1NCc1nc2ccsc2c(=O)[nH]1. The third-order valence-corrected chi connectivity index (χ3v) is 4.98. The van der Waals surface area contributed by atoms with Gasteiger partial charge < -0.3 is 15.2 Å². The van der Waals surface area contributed by atoms with E-state index in [4.69, 9.17) is 0 Å². The number of benzene rings is 1. The number of aromatic nitrogens is 2. The number of hydrogen-bond donors (Lipinski definition) is 2. The van der Waals surface area contributed by atoms with Crippen LogP contribution in [-0.2, 0) is 11.3 Å². The standard InChI is InChI=1S/C17H16N4O2S/c22-15-6-3-8-21(15)13-5-2-1-4-11(13)18-10-14-19-12-7-9-24-16(12)17(23)20-14/h1-2,4-5,7,9,18H,3,6,8,10H2,(H,19,20,23). The van der Waals surface area contributed by atoms with E-state index >= 15 is 0 Å². The molecule has 2 N–H and O–H groups in total. The average Bonchev–Trinajstić information content (AvgIpc) is 3.22. The van der Waals surface area contributed by atoms with Crippen LogP contribution in [-0.4, -0.2) is 22.4 Å². The molecule has 0 atom stereocenters. The van der Waals surface area contributed by atoms with Crippen LogP contribution in [0.2, 0.25) is 0 Å². The van der Waals surface area contributed by atoms with Crippen LogP contribution < -0.4 is 15.8 Å². The summed E-state index contributed by atoms with van der Waals surface area (Å²) in [5.41, 5.74) is 2.33. The van der Waals surface area contributed by atoms with E-state index in [2.05, 4.69) is 15.3 Å². The van der Waals surface area contributed by atoms with Gasteiger partial charge in [-0.05, 0) is 30.0 Å². The highest BCUT2D eigenvalue weighted by molar-refractivity contribution is 7.17. The molecule has 6 nitrogen and oxygen atoms in total. The molecule has 0 saturated carbocycles. The molecule has 1 aromatic carbocycles. The second-order valence-corrected chi connectivity index (χ2v) is 6.58. The molecule has 0 unspecified atom stereocenters. The first-order chi connectivity index (χ1) is 11.7. The van der Waals surface area contributed by atoms with Crippen molar-refractivity contribution in [2.45, 2.75) is 19.4 Å². The van der Waals surface area contributed by atoms with Gasteiger partial charge in [0.15, 0.2) is 0 Å². The summed E-state index contributed by atoms with van der Waals surface area (Å²) in [6.45, 7) is 1.13. The highest BCUT2D eigenvalue weighted by Gasteiger charge is 2.23. The van der Waals surface area contributed by atoms with Crippen LogP contribution >= 0.6 is 11.3 Å². The first-order valence-electron chi connectivity index (χ1n) is 7.82. The van der Waals surface area contributed by atoms with Gasteiger partial charge in [0.1, 0.15) is 10.5 Å². The number of carbonyl (C=O) groups is 1. The number of fused-ring (bicyclic) bond motifs is 1. The monoisotopic (exact) mass is 340 g/mol. The molecule has 0 aliphatic carbocycles. The van der Waals surface area contributed by atoms with Gasteiger partial charge in [-0.3, -0.25) is 9.59 Å². The summed E-state index contributed by atoms with van der Waals surface area (Å²) < 4.78 is 0.641. The molecule has 122 valence electrons. The summed E-state index contributed by atoms with van der Waals surface area (Å²) in [5.74, 6) is 0.726. The molecule has 0 spiro atoms. The first kappa shape index (κ1) is 14.9. The molecule has 7 heteroatoms. The van der Waals surface area contributed by atoms with Gasteiger partial charge >= 0.3 is 0 Å². The molecular formula is C17H16N4O2S. The van der Waals surface area contributed by atoms with E-state index in [0.717, 1.165) is 24.3 Å². The fourth-order valence-electron chi connectivity index (χ4n) is 2.95. The third kappa shape index (κ3) is 2.67. The fraction of sp³-hybridized carbons (Fsp3) is 0.235. The molecule has 3 heterocycles. The first-order valence-corrected chi connectivity index (χ1v) is 8.70. The van der Waals surface area contributed by atoms with Gasteiger partial charge in [-0.2, -0.15) is 0 Å². The van der Waals surface area contributed by atoms with Crippen molar-refractivity contribution >= 4 is 38.8 Å². The molecule has 1 aliphatic rings. The van der Waals surface area contributed by atoms with E-state index in [1.165, 1.54) is 11.3 Å². The molecule has 1 saturated heterocycles. The number of para-hydroxylation sites is 2. The average molecular weight is 340 g/mol. The fourth-order valence-corrected chi connectivity index (χ4v) is 3.67. The van der Waals surface area contributed by atoms with E-state index in [1.54, 1.807) is 4.90 Å². The quantitative estimate of drug-likeness (QED) is 0.765. The number of aromatic amines is 1. The zero-order valence-corrected chi connectivity index (χ0v) is 13.7. The van der Waals surface area contributed by atoms with Crippen molar-refractivity contribution in [1.82, 2.24) is 9.97 Å². The summed E-state index contributed by atoms with van der Waals surface area (Å²) >= 11 is 1.39. The van der Waals surface area contributed by atoms with Gasteiger partial charge in [0, 0.05) is 13.0 Å². The van der Waals surface area contributed by atoms with E-state index in [-0.39, 0.29) is 11.5 Å². The summed E-state index contributed by atoms with van der Waals surface area (Å²) in [6.07, 6.45) is 1.48. The number of amides is 1. The van der Waals surface area contributed by atoms with Crippen LogP contribution in [0, 0.1) is 0 Å². The van der Waals surface area contributed by atoms with Crippen molar-refractivity contribution in [3.8, 4) is 0 Å². The van der Waals surface area contributed by atoms with Crippen molar-refractivity contribution in [2.75, 3.05) is 16.8 Å². The number of H-pyrrole nitrogens is 1. The number of anilines is 2. The number of hydrogen-bond acceptors (Lipinski definition) is 5. The molecule has 0 bridgehead atoms. The summed E-state index contributed by atoms with van der Waals surface area (Å²) in [7, 11) is 0. The Hall–Kier alpha value is -2.67. The number of nitrogens with zero attached hydrogens (tertiary/aromatic N) is 2. The van der Waals surface area contributed by atoms with Gasteiger partial charge in [-0.15, -0.1) is 11.3 Å². The number of carbonyl (C=O) groups excluding carboxylic acids is 1. The maximum atomic E-state index is 12.0. The molecule has 3 aromatic rings. The van der Waals surface area contributed by atoms with Crippen molar-refractivity contribution in [3.63, 3.8) is 0 Å². The Balaban J connectivity index is 1.59. The number of rotatable bonds is 4. The van der Waals surface area contributed by atoms with Gasteiger partial charge in [0.25, 0.3) is 5.56 Å². The highest BCUT2D eigenvalue weighted by Crippen LogP contribution is 2.29. The van der Waals surface area contributed by atoms with E-state index in [9.17, 15) is 9.59 Å². The molecule has 24 heavy (non-hydrogen) atoms. The Morgan fingerprint density at radius 1 is 1.25 bits per heavy atom. The Bertz CT molecular complexity index is 962. The van der Waals surface area contributed by atoms with Crippen molar-refractivity contribution in [3.05, 3.63) is 51.9 Å². The molecule has 1 fully saturated rings. The smallest absolute Gasteiger partial charge is 0.268 e. The minimum atomic E-state index is -0.116. The Labute approximate surface area is 142 Å². The molecule has 2 aromatic heterocycles. The van der Waals surface area contributed by atoms with Crippen LogP contribution in [0.4, 0.5) is 11.4 Å². The highest BCUT2D eigenvalue weighted by atomic mass is 32.1. The summed E-state index contributed by atoms with van der Waals surface area (Å²) in [4.78, 5) is 33.1. The zero-order valence-electron chi connectivity index (χ0n) is 12.9. The minimum Gasteiger partial charge on any atom is -0.376 e. The van der Waals surface area contributed by atoms with E-state index in [0.29, 0.717) is 29.0 Å². The van der Waals surface area contributed by atoms with E-state index in [1.807, 2.05) is 35.7 Å². The van der Waals surface area contributed by atoms with Crippen molar-refractivity contribution < 1.29 is 4.79 Å². The van der Waals surface area contributed by atoms with Gasteiger partial charge in [0.05, 0.1) is 23.4 Å². The summed E-state index contributed by atoms with van der Waals surface area (Å²) in [5, 5.41) is 5.15. The van der Waals surface area contributed by atoms with E-state index < -0.39 is 0 Å². The molecule has 1 aliphatic heterocycles. The van der Waals surface area contributed by atoms with Crippen LogP contribution in [0.15, 0.2) is 40.5 Å². The van der Waals surface area contributed by atoms with Gasteiger partial charge in [0.2, 0.25) is 5.91 Å². The van der Waals surface area contributed by atoms with Gasteiger partial charge in [-0.1, -0.05) is 12.1 Å². The largest absolute Gasteiger partial charge is 0.376 e. The van der Waals surface area contributed by atoms with Crippen LogP contribution in [0.1, 0.15) is 18.7 Å². The van der Waals surface area contributed by atoms with Crippen LogP contribution in [0.5, 0.6) is 0 Å². The second-order valence-electron chi connectivity index (χ2n) is 5.67. The summed E-state index contributed by atoms with van der Waals surface area (Å²) in [6, 6.07) is 9.55. The lowest BCUT2D eigenvalue weighted by atomic mass is 10.2. The van der Waals surface area contributed by atoms with Gasteiger partial charge in [-0.25, -0.2) is 4.98 Å². The third-order valence-electron chi connectivity index (χ3n) is 4.08. The molecular weight excluding hydrogens is 324 g/mol. The second kappa shape index (κ2) is 6.09. The maximum Gasteiger partial charge on any atom is 0.268 e. The van der Waals surface area contributed by atoms with Crippen LogP contribution in [0.3, 0.4) is 0 Å². The zero-order chi connectivity index (χ0) is 16.5. The number of nitrogens with one attached hydrogen (secondary N) is 2. The van der Waals surface area contributed by atoms with Crippen molar-refractivity contribution in [1.29, 1.82) is 0 Å². The normalized spacial score (nSPS) is 14.5. The minimum absolute atomic E-state index is 0.116. The van der Waals surface area contributed by atoms with Crippen LogP contribution in [0.25, 0.3) is 10.2 Å². The Morgan fingerprint density at radius 2 is 2.12 bits per heavy atom. The van der Waals surface area contributed by atoms with Crippen molar-refractivity contribution in [2.24, 2.45) is 0 Å². The molecule has 4 rings (SSSR count). The maximum absolute atomic E-state index is 12.0.